The van der Waals surface area contributed by atoms with Gasteiger partial charge in [0.25, 0.3) is 5.91 Å². The monoisotopic (exact) mass is 289 g/mol. The molecule has 1 aliphatic carbocycles. The van der Waals surface area contributed by atoms with Crippen LogP contribution < -0.4 is 16.0 Å². The van der Waals surface area contributed by atoms with Crippen LogP contribution in [0.4, 0.5) is 4.79 Å². The predicted molar refractivity (Wildman–Crippen MR) is 82.1 cm³/mol. The highest BCUT2D eigenvalue weighted by Crippen LogP contribution is 2.17. The third-order valence-corrected chi connectivity index (χ3v) is 3.81. The molecular formula is C16H23N3O2. The number of carbonyl (C=O) groups excluding carboxylic acids is 2. The van der Waals surface area contributed by atoms with Crippen molar-refractivity contribution in [2.24, 2.45) is 0 Å². The van der Waals surface area contributed by atoms with Crippen molar-refractivity contribution in [2.75, 3.05) is 7.05 Å². The van der Waals surface area contributed by atoms with Gasteiger partial charge in [-0.25, -0.2) is 4.79 Å². The minimum absolute atomic E-state index is 0.122. The smallest absolute Gasteiger partial charge is 0.315 e. The maximum Gasteiger partial charge on any atom is 0.315 e. The summed E-state index contributed by atoms with van der Waals surface area (Å²) in [5.74, 6) is -0.122. The second-order valence-corrected chi connectivity index (χ2v) is 5.44. The van der Waals surface area contributed by atoms with E-state index in [1.807, 2.05) is 12.1 Å². The van der Waals surface area contributed by atoms with Crippen molar-refractivity contribution in [1.29, 1.82) is 0 Å². The van der Waals surface area contributed by atoms with E-state index in [4.69, 9.17) is 0 Å². The van der Waals surface area contributed by atoms with Gasteiger partial charge in [0.2, 0.25) is 0 Å². The topological polar surface area (TPSA) is 70.2 Å². The first kappa shape index (κ1) is 15.4. The van der Waals surface area contributed by atoms with Gasteiger partial charge in [-0.1, -0.05) is 31.4 Å². The van der Waals surface area contributed by atoms with Crippen molar-refractivity contribution in [1.82, 2.24) is 16.0 Å². The molecule has 0 aliphatic heterocycles. The summed E-state index contributed by atoms with van der Waals surface area (Å²) in [5, 5.41) is 8.45. The van der Waals surface area contributed by atoms with Gasteiger partial charge in [0.05, 0.1) is 0 Å². The van der Waals surface area contributed by atoms with Crippen LogP contribution in [0.1, 0.15) is 48.0 Å². The van der Waals surface area contributed by atoms with Gasteiger partial charge in [-0.3, -0.25) is 4.79 Å². The molecule has 3 N–H and O–H groups in total. The highest BCUT2D eigenvalue weighted by Gasteiger charge is 2.15. The molecule has 1 aromatic rings. The second-order valence-electron chi connectivity index (χ2n) is 5.44. The van der Waals surface area contributed by atoms with Crippen molar-refractivity contribution >= 4 is 11.9 Å². The Hall–Kier alpha value is -2.04. The lowest BCUT2D eigenvalue weighted by atomic mass is 9.96. The van der Waals surface area contributed by atoms with Crippen LogP contribution in [0.2, 0.25) is 0 Å². The number of benzene rings is 1. The zero-order valence-corrected chi connectivity index (χ0v) is 12.4. The van der Waals surface area contributed by atoms with Gasteiger partial charge in [0, 0.05) is 25.2 Å². The van der Waals surface area contributed by atoms with Crippen LogP contribution in [0, 0.1) is 0 Å². The fourth-order valence-corrected chi connectivity index (χ4v) is 2.63. The van der Waals surface area contributed by atoms with E-state index >= 15 is 0 Å². The quantitative estimate of drug-likeness (QED) is 0.795. The summed E-state index contributed by atoms with van der Waals surface area (Å²) in [4.78, 5) is 23.4. The van der Waals surface area contributed by atoms with Gasteiger partial charge >= 0.3 is 6.03 Å². The molecule has 5 heteroatoms. The molecule has 0 unspecified atom stereocenters. The number of amides is 3. The van der Waals surface area contributed by atoms with Gasteiger partial charge < -0.3 is 16.0 Å². The summed E-state index contributed by atoms with van der Waals surface area (Å²) < 4.78 is 0. The Morgan fingerprint density at radius 1 is 1.19 bits per heavy atom. The standard InChI is InChI=1S/C16H23N3O2/c1-17-15(20)13-7-5-6-12(10-13)11-18-16(21)19-14-8-3-2-4-9-14/h5-7,10,14H,2-4,8-9,11H2,1H3,(H,17,20)(H2,18,19,21). The molecule has 0 spiro atoms. The minimum atomic E-state index is -0.132. The molecule has 1 aromatic carbocycles. The van der Waals surface area contributed by atoms with Crippen molar-refractivity contribution < 1.29 is 9.59 Å². The van der Waals surface area contributed by atoms with Crippen LogP contribution in [0.15, 0.2) is 24.3 Å². The van der Waals surface area contributed by atoms with Gasteiger partial charge in [-0.2, -0.15) is 0 Å². The third-order valence-electron chi connectivity index (χ3n) is 3.81. The molecule has 1 fully saturated rings. The summed E-state index contributed by atoms with van der Waals surface area (Å²) in [5.41, 5.74) is 1.51. The lowest BCUT2D eigenvalue weighted by Gasteiger charge is -2.22. The van der Waals surface area contributed by atoms with Crippen molar-refractivity contribution in [3.63, 3.8) is 0 Å². The van der Waals surface area contributed by atoms with E-state index in [9.17, 15) is 9.59 Å². The Morgan fingerprint density at radius 2 is 1.95 bits per heavy atom. The summed E-state index contributed by atoms with van der Waals surface area (Å²) >= 11 is 0. The SMILES string of the molecule is CNC(=O)c1cccc(CNC(=O)NC2CCCCC2)c1. The molecule has 0 heterocycles. The summed E-state index contributed by atoms with van der Waals surface area (Å²) in [7, 11) is 1.60. The number of nitrogens with one attached hydrogen (secondary N) is 3. The Balaban J connectivity index is 1.81. The van der Waals surface area contributed by atoms with Gasteiger partial charge in [-0.15, -0.1) is 0 Å². The fourth-order valence-electron chi connectivity index (χ4n) is 2.63. The van der Waals surface area contributed by atoms with Gasteiger partial charge in [0.15, 0.2) is 0 Å². The van der Waals surface area contributed by atoms with Crippen LogP contribution in [0.3, 0.4) is 0 Å². The number of urea groups is 1. The van der Waals surface area contributed by atoms with E-state index in [1.54, 1.807) is 19.2 Å². The normalized spacial score (nSPS) is 15.3. The van der Waals surface area contributed by atoms with Gasteiger partial charge in [-0.05, 0) is 30.5 Å². The first-order chi connectivity index (χ1) is 10.2. The maximum absolute atomic E-state index is 11.9. The number of hydrogen-bond donors (Lipinski definition) is 3. The maximum atomic E-state index is 11.9. The molecule has 0 radical (unpaired) electrons. The molecule has 5 nitrogen and oxygen atoms in total. The second kappa shape index (κ2) is 7.67. The Kier molecular flexibility index (Phi) is 5.60. The first-order valence-electron chi connectivity index (χ1n) is 7.54. The summed E-state index contributed by atoms with van der Waals surface area (Å²) in [6.45, 7) is 0.420. The molecule has 0 bridgehead atoms. The van der Waals surface area contributed by atoms with Crippen LogP contribution in [-0.4, -0.2) is 25.0 Å². The molecule has 0 atom stereocenters. The van der Waals surface area contributed by atoms with E-state index < -0.39 is 0 Å². The molecule has 0 aromatic heterocycles. The van der Waals surface area contributed by atoms with Crippen LogP contribution in [0.25, 0.3) is 0 Å². The first-order valence-corrected chi connectivity index (χ1v) is 7.54. The zero-order chi connectivity index (χ0) is 15.1. The van der Waals surface area contributed by atoms with Crippen LogP contribution in [0.5, 0.6) is 0 Å². The fraction of sp³-hybridized carbons (Fsp3) is 0.500. The van der Waals surface area contributed by atoms with E-state index in [-0.39, 0.29) is 11.9 Å². The molecule has 1 saturated carbocycles. The molecule has 0 saturated heterocycles. The Bertz CT molecular complexity index is 496. The molecule has 1 aliphatic rings. The number of hydrogen-bond acceptors (Lipinski definition) is 2. The summed E-state index contributed by atoms with van der Waals surface area (Å²) in [6.07, 6.45) is 5.80. The molecule has 3 amide bonds. The van der Waals surface area contributed by atoms with Crippen molar-refractivity contribution in [2.45, 2.75) is 44.7 Å². The summed E-state index contributed by atoms with van der Waals surface area (Å²) in [6, 6.07) is 7.43. The minimum Gasteiger partial charge on any atom is -0.355 e. The van der Waals surface area contributed by atoms with E-state index in [2.05, 4.69) is 16.0 Å². The highest BCUT2D eigenvalue weighted by molar-refractivity contribution is 5.94. The Morgan fingerprint density at radius 3 is 2.67 bits per heavy atom. The van der Waals surface area contributed by atoms with Gasteiger partial charge in [0.1, 0.15) is 0 Å². The average Bonchev–Trinajstić information content (AvgIpc) is 2.53. The lowest BCUT2D eigenvalue weighted by Crippen LogP contribution is -2.42. The van der Waals surface area contributed by atoms with Crippen LogP contribution >= 0.6 is 0 Å². The molecule has 21 heavy (non-hydrogen) atoms. The van der Waals surface area contributed by atoms with Crippen LogP contribution in [-0.2, 0) is 6.54 Å². The largest absolute Gasteiger partial charge is 0.355 e. The third kappa shape index (κ3) is 4.77. The molecule has 2 rings (SSSR count). The Labute approximate surface area is 125 Å². The number of rotatable bonds is 4. The highest BCUT2D eigenvalue weighted by atomic mass is 16.2. The molecule has 114 valence electrons. The van der Waals surface area contributed by atoms with Crippen molar-refractivity contribution in [3.8, 4) is 0 Å². The predicted octanol–water partition coefficient (Wildman–Crippen LogP) is 2.18. The average molecular weight is 289 g/mol. The zero-order valence-electron chi connectivity index (χ0n) is 12.4. The number of carbonyl (C=O) groups is 2. The van der Waals surface area contributed by atoms with E-state index in [0.29, 0.717) is 18.2 Å². The van der Waals surface area contributed by atoms with E-state index in [1.165, 1.54) is 19.3 Å². The van der Waals surface area contributed by atoms with Crippen molar-refractivity contribution in [3.05, 3.63) is 35.4 Å². The van der Waals surface area contributed by atoms with E-state index in [0.717, 1.165) is 18.4 Å². The lowest BCUT2D eigenvalue weighted by molar-refractivity contribution is 0.0963. The molecular weight excluding hydrogens is 266 g/mol.